The summed E-state index contributed by atoms with van der Waals surface area (Å²) >= 11 is 6.10. The Labute approximate surface area is 129 Å². The number of nitrogens with one attached hydrogen (secondary N) is 1. The van der Waals surface area contributed by atoms with E-state index in [9.17, 15) is 9.18 Å². The van der Waals surface area contributed by atoms with Crippen LogP contribution in [0.2, 0.25) is 5.02 Å². The van der Waals surface area contributed by atoms with E-state index < -0.39 is 0 Å². The van der Waals surface area contributed by atoms with Crippen molar-refractivity contribution in [1.29, 1.82) is 0 Å². The summed E-state index contributed by atoms with van der Waals surface area (Å²) < 4.78 is 14.0. The van der Waals surface area contributed by atoms with Gasteiger partial charge in [0.2, 0.25) is 5.91 Å². The Morgan fingerprint density at radius 2 is 2.00 bits per heavy atom. The van der Waals surface area contributed by atoms with Gasteiger partial charge in [-0.05, 0) is 50.9 Å². The van der Waals surface area contributed by atoms with Gasteiger partial charge < -0.3 is 10.2 Å². The van der Waals surface area contributed by atoms with Crippen LogP contribution in [0.25, 0.3) is 0 Å². The van der Waals surface area contributed by atoms with Crippen LogP contribution >= 0.6 is 11.6 Å². The molecule has 1 aliphatic heterocycles. The molecule has 0 spiro atoms. The molecule has 3 nitrogen and oxygen atoms in total. The maximum atomic E-state index is 14.0. The molecule has 0 bridgehead atoms. The van der Waals surface area contributed by atoms with Crippen LogP contribution in [-0.4, -0.2) is 29.9 Å². The number of nitrogens with zero attached hydrogens (tertiary/aromatic N) is 1. The fourth-order valence-corrected chi connectivity index (χ4v) is 3.15. The minimum atomic E-state index is -0.328. The zero-order valence-corrected chi connectivity index (χ0v) is 12.7. The summed E-state index contributed by atoms with van der Waals surface area (Å²) in [5, 5.41) is 3.67. The van der Waals surface area contributed by atoms with E-state index in [4.69, 9.17) is 11.6 Å². The number of piperidine rings is 1. The number of rotatable bonds is 4. The molecule has 1 amide bonds. The summed E-state index contributed by atoms with van der Waals surface area (Å²) in [6.45, 7) is 2.06. The van der Waals surface area contributed by atoms with Crippen LogP contribution in [0.5, 0.6) is 0 Å². The summed E-state index contributed by atoms with van der Waals surface area (Å²) in [7, 11) is 0. The van der Waals surface area contributed by atoms with Gasteiger partial charge in [-0.2, -0.15) is 0 Å². The molecule has 1 N–H and O–H groups in total. The molecule has 0 atom stereocenters. The maximum Gasteiger partial charge on any atom is 0.226 e. The van der Waals surface area contributed by atoms with E-state index in [2.05, 4.69) is 5.32 Å². The highest BCUT2D eigenvalue weighted by Gasteiger charge is 2.36. The molecule has 3 rings (SSSR count). The summed E-state index contributed by atoms with van der Waals surface area (Å²) in [5.74, 6) is -0.0954. The van der Waals surface area contributed by atoms with Gasteiger partial charge in [-0.15, -0.1) is 0 Å². The predicted octanol–water partition coefficient (Wildman–Crippen LogP) is 2.97. The van der Waals surface area contributed by atoms with Crippen molar-refractivity contribution in [2.24, 2.45) is 5.92 Å². The first-order chi connectivity index (χ1) is 10.2. The molecular formula is C16H20ClFN2O. The van der Waals surface area contributed by atoms with E-state index in [-0.39, 0.29) is 23.7 Å². The third-order valence-corrected chi connectivity index (χ3v) is 4.70. The summed E-state index contributed by atoms with van der Waals surface area (Å²) in [6, 6.07) is 4.95. The van der Waals surface area contributed by atoms with Crippen LogP contribution in [-0.2, 0) is 11.3 Å². The van der Waals surface area contributed by atoms with Gasteiger partial charge in [-0.3, -0.25) is 4.79 Å². The fourth-order valence-electron chi connectivity index (χ4n) is 2.93. The number of hydrogen-bond donors (Lipinski definition) is 1. The van der Waals surface area contributed by atoms with E-state index in [0.717, 1.165) is 38.8 Å². The zero-order chi connectivity index (χ0) is 14.8. The van der Waals surface area contributed by atoms with Crippen molar-refractivity contribution >= 4 is 17.5 Å². The molecule has 114 valence electrons. The molecular weight excluding hydrogens is 291 g/mol. The first-order valence-corrected chi connectivity index (χ1v) is 7.98. The largest absolute Gasteiger partial charge is 0.335 e. The van der Waals surface area contributed by atoms with E-state index in [1.165, 1.54) is 6.07 Å². The monoisotopic (exact) mass is 310 g/mol. The first kappa shape index (κ1) is 14.8. The number of benzene rings is 1. The molecule has 21 heavy (non-hydrogen) atoms. The second kappa shape index (κ2) is 6.32. The Kier molecular flexibility index (Phi) is 4.45. The van der Waals surface area contributed by atoms with Crippen LogP contribution in [0.1, 0.15) is 31.2 Å². The van der Waals surface area contributed by atoms with E-state index in [1.54, 1.807) is 12.1 Å². The molecule has 0 radical (unpaired) electrons. The Morgan fingerprint density at radius 1 is 1.29 bits per heavy atom. The highest BCUT2D eigenvalue weighted by atomic mass is 35.5. The fraction of sp³-hybridized carbons (Fsp3) is 0.562. The van der Waals surface area contributed by atoms with Crippen molar-refractivity contribution < 1.29 is 9.18 Å². The minimum absolute atomic E-state index is 0.0670. The van der Waals surface area contributed by atoms with Crippen molar-refractivity contribution in [3.05, 3.63) is 34.6 Å². The number of hydrogen-bond acceptors (Lipinski definition) is 2. The van der Waals surface area contributed by atoms with Crippen molar-refractivity contribution in [3.8, 4) is 0 Å². The second-order valence-electron chi connectivity index (χ2n) is 5.92. The van der Waals surface area contributed by atoms with E-state index in [1.807, 2.05) is 4.90 Å². The SMILES string of the molecule is O=C(C1CCNCC1)N(Cc1c(F)cccc1Cl)C1CC1. The van der Waals surface area contributed by atoms with Gasteiger partial charge in [0.1, 0.15) is 5.82 Å². The van der Waals surface area contributed by atoms with Crippen LogP contribution < -0.4 is 5.32 Å². The lowest BCUT2D eigenvalue weighted by Gasteiger charge is -2.30. The molecule has 0 unspecified atom stereocenters. The number of amides is 1. The van der Waals surface area contributed by atoms with Crippen LogP contribution in [0.3, 0.4) is 0 Å². The Hall–Kier alpha value is -1.13. The average molecular weight is 311 g/mol. The lowest BCUT2D eigenvalue weighted by molar-refractivity contribution is -0.137. The molecule has 5 heteroatoms. The Morgan fingerprint density at radius 3 is 2.62 bits per heavy atom. The molecule has 1 saturated heterocycles. The minimum Gasteiger partial charge on any atom is -0.335 e. The smallest absolute Gasteiger partial charge is 0.226 e. The highest BCUT2D eigenvalue weighted by molar-refractivity contribution is 6.31. The topological polar surface area (TPSA) is 32.3 Å². The Bertz CT molecular complexity index is 507. The quantitative estimate of drug-likeness (QED) is 0.927. The number of carbonyl (C=O) groups excluding carboxylic acids is 1. The van der Waals surface area contributed by atoms with Gasteiger partial charge in [0, 0.05) is 22.5 Å². The highest BCUT2D eigenvalue weighted by Crippen LogP contribution is 2.33. The zero-order valence-electron chi connectivity index (χ0n) is 11.9. The van der Waals surface area contributed by atoms with Crippen molar-refractivity contribution in [3.63, 3.8) is 0 Å². The third kappa shape index (κ3) is 3.38. The molecule has 1 aromatic rings. The predicted molar refractivity (Wildman–Crippen MR) is 80.6 cm³/mol. The van der Waals surface area contributed by atoms with Gasteiger partial charge in [0.25, 0.3) is 0 Å². The molecule has 1 aromatic carbocycles. The lowest BCUT2D eigenvalue weighted by atomic mass is 9.96. The van der Waals surface area contributed by atoms with Gasteiger partial charge in [0.05, 0.1) is 6.54 Å². The molecule has 1 heterocycles. The lowest BCUT2D eigenvalue weighted by Crippen LogP contribution is -2.42. The molecule has 2 aliphatic rings. The van der Waals surface area contributed by atoms with Gasteiger partial charge in [-0.1, -0.05) is 17.7 Å². The van der Waals surface area contributed by atoms with Crippen molar-refractivity contribution in [2.75, 3.05) is 13.1 Å². The standard InChI is InChI=1S/C16H20ClFN2O/c17-14-2-1-3-15(18)13(14)10-20(12-4-5-12)16(21)11-6-8-19-9-7-11/h1-3,11-12,19H,4-10H2. The van der Waals surface area contributed by atoms with Crippen molar-refractivity contribution in [2.45, 2.75) is 38.3 Å². The van der Waals surface area contributed by atoms with Crippen molar-refractivity contribution in [1.82, 2.24) is 10.2 Å². The van der Waals surface area contributed by atoms with Gasteiger partial charge in [-0.25, -0.2) is 4.39 Å². The van der Waals surface area contributed by atoms with Gasteiger partial charge in [0.15, 0.2) is 0 Å². The molecule has 0 aromatic heterocycles. The maximum absolute atomic E-state index is 14.0. The normalized spacial score (nSPS) is 19.5. The Balaban J connectivity index is 1.77. The average Bonchev–Trinajstić information content (AvgIpc) is 3.32. The molecule has 1 aliphatic carbocycles. The van der Waals surface area contributed by atoms with Crippen LogP contribution in [0.4, 0.5) is 4.39 Å². The summed E-state index contributed by atoms with van der Waals surface area (Å²) in [4.78, 5) is 14.6. The number of halogens is 2. The first-order valence-electron chi connectivity index (χ1n) is 7.61. The third-order valence-electron chi connectivity index (χ3n) is 4.35. The number of carbonyl (C=O) groups is 1. The van der Waals surface area contributed by atoms with Crippen LogP contribution in [0, 0.1) is 11.7 Å². The van der Waals surface area contributed by atoms with Gasteiger partial charge >= 0.3 is 0 Å². The van der Waals surface area contributed by atoms with E-state index >= 15 is 0 Å². The summed E-state index contributed by atoms with van der Waals surface area (Å²) in [6.07, 6.45) is 3.77. The van der Waals surface area contributed by atoms with E-state index in [0.29, 0.717) is 17.1 Å². The molecule has 1 saturated carbocycles. The molecule has 2 fully saturated rings. The van der Waals surface area contributed by atoms with Crippen LogP contribution in [0.15, 0.2) is 18.2 Å². The summed E-state index contributed by atoms with van der Waals surface area (Å²) in [5.41, 5.74) is 0.438. The second-order valence-corrected chi connectivity index (χ2v) is 6.33.